The maximum absolute atomic E-state index is 11.8. The topological polar surface area (TPSA) is 175 Å². The molecule has 6 N–H and O–H groups in total. The molecule has 10 heteroatoms. The highest BCUT2D eigenvalue weighted by Gasteiger charge is 2.23. The summed E-state index contributed by atoms with van der Waals surface area (Å²) in [6, 6.07) is -2.42. The molecular formula is C12H16N4O6. The molecule has 0 fully saturated rings. The lowest BCUT2D eigenvalue weighted by molar-refractivity contribution is -0.141. The zero-order valence-electron chi connectivity index (χ0n) is 11.7. The fourth-order valence-corrected chi connectivity index (χ4v) is 1.71. The van der Waals surface area contributed by atoms with E-state index in [1.165, 1.54) is 13.1 Å². The van der Waals surface area contributed by atoms with Gasteiger partial charge in [0, 0.05) is 25.2 Å². The Kier molecular flexibility index (Phi) is 5.75. The first-order chi connectivity index (χ1) is 10.2. The van der Waals surface area contributed by atoms with E-state index in [1.807, 2.05) is 0 Å². The van der Waals surface area contributed by atoms with Gasteiger partial charge in [-0.1, -0.05) is 0 Å². The van der Waals surface area contributed by atoms with Crippen LogP contribution >= 0.6 is 0 Å². The molecule has 120 valence electrons. The average molecular weight is 312 g/mol. The predicted molar refractivity (Wildman–Crippen MR) is 72.1 cm³/mol. The van der Waals surface area contributed by atoms with Crippen molar-refractivity contribution in [3.63, 3.8) is 0 Å². The van der Waals surface area contributed by atoms with Gasteiger partial charge in [-0.3, -0.25) is 14.4 Å². The van der Waals surface area contributed by atoms with Crippen LogP contribution in [-0.4, -0.2) is 55.9 Å². The number of carbonyl (C=O) groups excluding carboxylic acids is 2. The van der Waals surface area contributed by atoms with Crippen LogP contribution in [-0.2, 0) is 20.8 Å². The van der Waals surface area contributed by atoms with Gasteiger partial charge in [-0.25, -0.2) is 9.78 Å². The van der Waals surface area contributed by atoms with E-state index in [0.29, 0.717) is 5.69 Å². The van der Waals surface area contributed by atoms with Gasteiger partial charge >= 0.3 is 11.9 Å². The van der Waals surface area contributed by atoms with E-state index in [9.17, 15) is 19.2 Å². The van der Waals surface area contributed by atoms with Crippen molar-refractivity contribution in [1.82, 2.24) is 15.3 Å². The van der Waals surface area contributed by atoms with E-state index in [1.54, 1.807) is 0 Å². The van der Waals surface area contributed by atoms with Crippen LogP contribution in [0, 0.1) is 0 Å². The Morgan fingerprint density at radius 1 is 1.36 bits per heavy atom. The number of ketones is 1. The van der Waals surface area contributed by atoms with Crippen molar-refractivity contribution < 1.29 is 29.4 Å². The molecule has 10 nitrogen and oxygen atoms in total. The summed E-state index contributed by atoms with van der Waals surface area (Å²) < 4.78 is 0. The molecule has 0 unspecified atom stereocenters. The van der Waals surface area contributed by atoms with Crippen LogP contribution in [0.4, 0.5) is 0 Å². The number of nitrogens with two attached hydrogens (primary N) is 1. The molecule has 2 atom stereocenters. The van der Waals surface area contributed by atoms with E-state index in [0.717, 1.165) is 0 Å². The summed E-state index contributed by atoms with van der Waals surface area (Å²) in [4.78, 5) is 50.6. The zero-order chi connectivity index (χ0) is 16.9. The lowest BCUT2D eigenvalue weighted by atomic mass is 10.1. The van der Waals surface area contributed by atoms with Gasteiger partial charge in [0.05, 0.1) is 12.5 Å². The lowest BCUT2D eigenvalue weighted by Crippen LogP contribution is -2.41. The number of amides is 1. The first kappa shape index (κ1) is 17.3. The summed E-state index contributed by atoms with van der Waals surface area (Å²) in [6.07, 6.45) is 0.584. The summed E-state index contributed by atoms with van der Waals surface area (Å²) in [5.41, 5.74) is 5.73. The molecule has 0 bridgehead atoms. The molecule has 0 aliphatic carbocycles. The van der Waals surface area contributed by atoms with Crippen LogP contribution in [0.5, 0.6) is 0 Å². The highest BCUT2D eigenvalue weighted by atomic mass is 16.4. The molecule has 1 heterocycles. The number of carbonyl (C=O) groups is 4. The lowest BCUT2D eigenvalue weighted by Gasteiger charge is -2.11. The van der Waals surface area contributed by atoms with Gasteiger partial charge in [-0.2, -0.15) is 0 Å². The number of imidazole rings is 1. The minimum absolute atomic E-state index is 0.108. The van der Waals surface area contributed by atoms with E-state index < -0.39 is 42.1 Å². The maximum atomic E-state index is 11.8. The van der Waals surface area contributed by atoms with Gasteiger partial charge in [0.2, 0.25) is 11.7 Å². The summed E-state index contributed by atoms with van der Waals surface area (Å²) in [6.45, 7) is 1.18. The fourth-order valence-electron chi connectivity index (χ4n) is 1.71. The van der Waals surface area contributed by atoms with Crippen molar-refractivity contribution in [3.8, 4) is 0 Å². The number of aromatic nitrogens is 2. The third-order valence-corrected chi connectivity index (χ3v) is 2.69. The quantitative estimate of drug-likeness (QED) is 0.361. The highest BCUT2D eigenvalue weighted by Crippen LogP contribution is 2.05. The Balaban J connectivity index is 2.78. The minimum atomic E-state index is -1.25. The Morgan fingerprint density at radius 3 is 2.50 bits per heavy atom. The van der Waals surface area contributed by atoms with Gasteiger partial charge in [0.25, 0.3) is 0 Å². The number of H-pyrrole nitrogens is 1. The Bertz CT molecular complexity index is 596. The maximum Gasteiger partial charge on any atom is 0.326 e. The largest absolute Gasteiger partial charge is 0.481 e. The third kappa shape index (κ3) is 4.98. The number of nitrogens with zero attached hydrogens (tertiary/aromatic N) is 1. The average Bonchev–Trinajstić information content (AvgIpc) is 2.84. The van der Waals surface area contributed by atoms with E-state index in [4.69, 9.17) is 15.9 Å². The molecule has 0 aliphatic rings. The minimum Gasteiger partial charge on any atom is -0.481 e. The summed E-state index contributed by atoms with van der Waals surface area (Å²) in [5.74, 6) is -3.81. The van der Waals surface area contributed by atoms with Crippen molar-refractivity contribution in [2.24, 2.45) is 5.73 Å². The van der Waals surface area contributed by atoms with E-state index in [2.05, 4.69) is 15.3 Å². The number of hydrogen-bond donors (Lipinski definition) is 5. The molecule has 1 amide bonds. The monoisotopic (exact) mass is 312 g/mol. The third-order valence-electron chi connectivity index (χ3n) is 2.69. The summed E-state index contributed by atoms with van der Waals surface area (Å²) in [5, 5.41) is 19.8. The molecule has 1 aromatic heterocycles. The smallest absolute Gasteiger partial charge is 0.326 e. The van der Waals surface area contributed by atoms with Gasteiger partial charge < -0.3 is 26.2 Å². The van der Waals surface area contributed by atoms with Gasteiger partial charge in [-0.05, 0) is 0 Å². The summed E-state index contributed by atoms with van der Waals surface area (Å²) in [7, 11) is 0. The Labute approximate surface area is 124 Å². The molecular weight excluding hydrogens is 296 g/mol. The van der Waals surface area contributed by atoms with Crippen molar-refractivity contribution in [2.45, 2.75) is 31.8 Å². The van der Waals surface area contributed by atoms with Gasteiger partial charge in [-0.15, -0.1) is 0 Å². The van der Waals surface area contributed by atoms with Gasteiger partial charge in [0.1, 0.15) is 6.04 Å². The molecule has 0 spiro atoms. The first-order valence-electron chi connectivity index (χ1n) is 6.26. The Morgan fingerprint density at radius 2 is 2.00 bits per heavy atom. The molecule has 0 aliphatic heterocycles. The number of aliphatic carboxylic acids is 2. The van der Waals surface area contributed by atoms with Crippen molar-refractivity contribution in [2.75, 3.05) is 0 Å². The predicted octanol–water partition coefficient (Wildman–Crippen LogP) is -1.47. The number of hydrogen-bond acceptors (Lipinski definition) is 6. The molecule has 22 heavy (non-hydrogen) atoms. The fraction of sp³-hybridized carbons (Fsp3) is 0.417. The second-order valence-corrected chi connectivity index (χ2v) is 4.62. The molecule has 0 aromatic carbocycles. The van der Waals surface area contributed by atoms with Crippen LogP contribution < -0.4 is 11.1 Å². The number of Topliss-reactive ketones (excluding diaryl/α,β-unsaturated/α-hetero) is 1. The SMILES string of the molecule is CC(=O)N[C@@H](Cc1cnc(C(=O)[C@@H](N)CC(=O)O)[nH]1)C(=O)O. The molecule has 0 saturated heterocycles. The highest BCUT2D eigenvalue weighted by molar-refractivity contribution is 5.98. The Hall–Kier alpha value is -2.75. The van der Waals surface area contributed by atoms with Crippen LogP contribution in [0.3, 0.4) is 0 Å². The zero-order valence-corrected chi connectivity index (χ0v) is 11.7. The van der Waals surface area contributed by atoms with E-state index >= 15 is 0 Å². The van der Waals surface area contributed by atoms with Crippen molar-refractivity contribution in [3.05, 3.63) is 17.7 Å². The van der Waals surface area contributed by atoms with Crippen molar-refractivity contribution in [1.29, 1.82) is 0 Å². The number of rotatable bonds is 8. The summed E-state index contributed by atoms with van der Waals surface area (Å²) >= 11 is 0. The normalized spacial score (nSPS) is 13.2. The van der Waals surface area contributed by atoms with Crippen LogP contribution in [0.25, 0.3) is 0 Å². The second kappa shape index (κ2) is 7.31. The molecule has 0 radical (unpaired) electrons. The van der Waals surface area contributed by atoms with Crippen LogP contribution in [0.2, 0.25) is 0 Å². The number of nitrogens with one attached hydrogen (secondary N) is 2. The van der Waals surface area contributed by atoms with Crippen LogP contribution in [0.15, 0.2) is 6.20 Å². The van der Waals surface area contributed by atoms with Crippen molar-refractivity contribution >= 4 is 23.6 Å². The molecule has 1 aromatic rings. The first-order valence-corrected chi connectivity index (χ1v) is 6.26. The standard InChI is InChI=1S/C12H16N4O6/c1-5(17)15-8(12(21)22)2-6-4-14-11(16-6)10(20)7(13)3-9(18)19/h4,7-8H,2-3,13H2,1H3,(H,14,16)(H,15,17)(H,18,19)(H,21,22)/t7-,8-/m0/s1. The number of carboxylic acids is 2. The van der Waals surface area contributed by atoms with Crippen LogP contribution in [0.1, 0.15) is 29.7 Å². The second-order valence-electron chi connectivity index (χ2n) is 4.62. The van der Waals surface area contributed by atoms with E-state index in [-0.39, 0.29) is 12.2 Å². The molecule has 1 rings (SSSR count). The number of aromatic amines is 1. The van der Waals surface area contributed by atoms with Gasteiger partial charge in [0.15, 0.2) is 5.82 Å². The number of carboxylic acid groups (broad SMARTS) is 2. The molecule has 0 saturated carbocycles.